The van der Waals surface area contributed by atoms with Crippen molar-refractivity contribution in [3.8, 4) is 17.2 Å². The van der Waals surface area contributed by atoms with E-state index in [4.69, 9.17) is 25.8 Å². The quantitative estimate of drug-likeness (QED) is 0.456. The smallest absolute Gasteiger partial charge is 0.315 e. The van der Waals surface area contributed by atoms with Gasteiger partial charge in [-0.1, -0.05) is 11.6 Å². The van der Waals surface area contributed by atoms with Gasteiger partial charge in [-0.05, 0) is 24.3 Å². The minimum Gasteiger partial charge on any atom is -0.495 e. The van der Waals surface area contributed by atoms with E-state index in [1.807, 2.05) is 0 Å². The first-order valence-corrected chi connectivity index (χ1v) is 7.41. The lowest BCUT2D eigenvalue weighted by atomic mass is 10.2. The Balaban J connectivity index is 2.24. The van der Waals surface area contributed by atoms with Gasteiger partial charge in [0.15, 0.2) is 5.75 Å². The number of nitrogens with one attached hydrogen (secondary N) is 1. The number of hydrazone groups is 1. The van der Waals surface area contributed by atoms with Gasteiger partial charge in [-0.25, -0.2) is 0 Å². The number of rotatable bonds is 7. The lowest BCUT2D eigenvalue weighted by Crippen LogP contribution is -1.99. The number of hydrogen-bond acceptors (Lipinski definition) is 7. The standard InChI is InChI=1S/C16H16ClN3O5/c1-23-14-5-4-11(8-12(14)17)19-18-9-10-6-13(20(21)22)16(25-3)15(7-10)24-2/h4-9,19H,1-3H3/b18-9+. The molecule has 8 nitrogen and oxygen atoms in total. The molecule has 0 atom stereocenters. The van der Waals surface area contributed by atoms with Crippen LogP contribution >= 0.6 is 11.6 Å². The second-order valence-electron chi connectivity index (χ2n) is 4.75. The molecule has 0 saturated heterocycles. The highest BCUT2D eigenvalue weighted by Gasteiger charge is 2.21. The van der Waals surface area contributed by atoms with Gasteiger partial charge in [0.2, 0.25) is 5.75 Å². The lowest BCUT2D eigenvalue weighted by Gasteiger charge is -2.09. The van der Waals surface area contributed by atoms with E-state index in [2.05, 4.69) is 10.5 Å². The summed E-state index contributed by atoms with van der Waals surface area (Å²) < 4.78 is 15.2. The summed E-state index contributed by atoms with van der Waals surface area (Å²) in [4.78, 5) is 10.6. The highest BCUT2D eigenvalue weighted by molar-refractivity contribution is 6.32. The molecule has 132 valence electrons. The van der Waals surface area contributed by atoms with Crippen molar-refractivity contribution in [3.05, 3.63) is 51.0 Å². The van der Waals surface area contributed by atoms with Gasteiger partial charge in [0.1, 0.15) is 5.75 Å². The Morgan fingerprint density at radius 1 is 1.12 bits per heavy atom. The number of ether oxygens (including phenoxy) is 3. The van der Waals surface area contributed by atoms with Gasteiger partial charge >= 0.3 is 5.69 Å². The van der Waals surface area contributed by atoms with Crippen LogP contribution in [0.3, 0.4) is 0 Å². The minimum atomic E-state index is -0.546. The molecule has 0 saturated carbocycles. The molecule has 1 N–H and O–H groups in total. The number of benzene rings is 2. The van der Waals surface area contributed by atoms with Crippen molar-refractivity contribution in [2.45, 2.75) is 0 Å². The van der Waals surface area contributed by atoms with Crippen molar-refractivity contribution in [1.29, 1.82) is 0 Å². The maximum absolute atomic E-state index is 11.2. The SMILES string of the molecule is COc1ccc(N/N=C/c2cc(OC)c(OC)c([N+](=O)[O-])c2)cc1Cl. The molecule has 2 aromatic rings. The van der Waals surface area contributed by atoms with Crippen LogP contribution in [0, 0.1) is 10.1 Å². The molecular weight excluding hydrogens is 350 g/mol. The van der Waals surface area contributed by atoms with Crippen molar-refractivity contribution >= 4 is 29.2 Å². The van der Waals surface area contributed by atoms with Gasteiger partial charge < -0.3 is 14.2 Å². The highest BCUT2D eigenvalue weighted by Crippen LogP contribution is 2.37. The topological polar surface area (TPSA) is 95.2 Å². The summed E-state index contributed by atoms with van der Waals surface area (Å²) in [5.41, 5.74) is 3.68. The normalized spacial score (nSPS) is 10.6. The number of nitrogens with zero attached hydrogens (tertiary/aromatic N) is 2. The van der Waals surface area contributed by atoms with E-state index < -0.39 is 4.92 Å². The summed E-state index contributed by atoms with van der Waals surface area (Å²) in [7, 11) is 4.27. The Bertz CT molecular complexity index is 811. The van der Waals surface area contributed by atoms with Crippen LogP contribution in [0.2, 0.25) is 5.02 Å². The molecule has 0 aromatic heterocycles. The van der Waals surface area contributed by atoms with Crippen molar-refractivity contribution in [3.63, 3.8) is 0 Å². The van der Waals surface area contributed by atoms with Crippen molar-refractivity contribution in [2.75, 3.05) is 26.8 Å². The Labute approximate surface area is 149 Å². The van der Waals surface area contributed by atoms with Crippen LogP contribution in [0.5, 0.6) is 17.2 Å². The summed E-state index contributed by atoms with van der Waals surface area (Å²) in [5, 5.41) is 15.7. The predicted octanol–water partition coefficient (Wildman–Crippen LogP) is 3.72. The van der Waals surface area contributed by atoms with Gasteiger partial charge in [0, 0.05) is 11.6 Å². The van der Waals surface area contributed by atoms with E-state index >= 15 is 0 Å². The Kier molecular flexibility index (Phi) is 6.02. The molecule has 0 radical (unpaired) electrons. The van der Waals surface area contributed by atoms with Crippen molar-refractivity contribution in [2.24, 2.45) is 5.10 Å². The maximum atomic E-state index is 11.2. The van der Waals surface area contributed by atoms with Gasteiger partial charge in [-0.3, -0.25) is 15.5 Å². The molecular formula is C16H16ClN3O5. The van der Waals surface area contributed by atoms with Crippen LogP contribution in [0.15, 0.2) is 35.4 Å². The van der Waals surface area contributed by atoms with Crippen LogP contribution in [0.4, 0.5) is 11.4 Å². The van der Waals surface area contributed by atoms with Crippen LogP contribution in [0.1, 0.15) is 5.56 Å². The second kappa shape index (κ2) is 8.20. The van der Waals surface area contributed by atoms with Gasteiger partial charge in [-0.2, -0.15) is 5.10 Å². The number of halogens is 1. The fourth-order valence-electron chi connectivity index (χ4n) is 2.09. The van der Waals surface area contributed by atoms with Crippen LogP contribution in [-0.2, 0) is 0 Å². The fraction of sp³-hybridized carbons (Fsp3) is 0.188. The third-order valence-electron chi connectivity index (χ3n) is 3.24. The van der Waals surface area contributed by atoms with Crippen LogP contribution in [-0.4, -0.2) is 32.5 Å². The average Bonchev–Trinajstić information content (AvgIpc) is 2.60. The molecule has 9 heteroatoms. The molecule has 0 aliphatic heterocycles. The number of methoxy groups -OCH3 is 3. The first kappa shape index (κ1) is 18.3. The number of nitro groups is 1. The molecule has 0 unspecified atom stereocenters. The largest absolute Gasteiger partial charge is 0.495 e. The second-order valence-corrected chi connectivity index (χ2v) is 5.16. The number of hydrogen-bond donors (Lipinski definition) is 1. The molecule has 2 aromatic carbocycles. The zero-order valence-electron chi connectivity index (χ0n) is 13.8. The molecule has 0 amide bonds. The Morgan fingerprint density at radius 2 is 1.84 bits per heavy atom. The molecule has 0 bridgehead atoms. The lowest BCUT2D eigenvalue weighted by molar-refractivity contribution is -0.385. The summed E-state index contributed by atoms with van der Waals surface area (Å²) in [6.07, 6.45) is 1.42. The van der Waals surface area contributed by atoms with E-state index in [0.29, 0.717) is 22.0 Å². The van der Waals surface area contributed by atoms with E-state index in [0.717, 1.165) is 0 Å². The Hall–Kier alpha value is -3.00. The summed E-state index contributed by atoms with van der Waals surface area (Å²) in [5.74, 6) is 0.844. The molecule has 0 fully saturated rings. The molecule has 0 heterocycles. The maximum Gasteiger partial charge on any atom is 0.315 e. The highest BCUT2D eigenvalue weighted by atomic mass is 35.5. The summed E-state index contributed by atoms with van der Waals surface area (Å²) >= 11 is 6.03. The molecule has 0 aliphatic carbocycles. The van der Waals surface area contributed by atoms with Crippen molar-refractivity contribution < 1.29 is 19.1 Å². The zero-order chi connectivity index (χ0) is 18.4. The number of anilines is 1. The third-order valence-corrected chi connectivity index (χ3v) is 3.53. The average molecular weight is 366 g/mol. The van der Waals surface area contributed by atoms with E-state index in [1.165, 1.54) is 33.6 Å². The van der Waals surface area contributed by atoms with E-state index in [1.54, 1.807) is 24.3 Å². The van der Waals surface area contributed by atoms with Crippen LogP contribution in [0.25, 0.3) is 0 Å². The van der Waals surface area contributed by atoms with E-state index in [9.17, 15) is 10.1 Å². The molecule has 0 aliphatic rings. The molecule has 0 spiro atoms. The fourth-order valence-corrected chi connectivity index (χ4v) is 2.35. The van der Waals surface area contributed by atoms with Crippen LogP contribution < -0.4 is 19.6 Å². The first-order chi connectivity index (χ1) is 12.0. The van der Waals surface area contributed by atoms with Gasteiger partial charge in [0.05, 0.1) is 43.2 Å². The summed E-state index contributed by atoms with van der Waals surface area (Å²) in [6.45, 7) is 0. The monoisotopic (exact) mass is 365 g/mol. The molecule has 25 heavy (non-hydrogen) atoms. The van der Waals surface area contributed by atoms with E-state index in [-0.39, 0.29) is 17.2 Å². The molecule has 2 rings (SSSR count). The van der Waals surface area contributed by atoms with Crippen molar-refractivity contribution in [1.82, 2.24) is 0 Å². The minimum absolute atomic E-state index is 0.0551. The first-order valence-electron chi connectivity index (χ1n) is 7.03. The van der Waals surface area contributed by atoms with Gasteiger partial charge in [-0.15, -0.1) is 0 Å². The predicted molar refractivity (Wildman–Crippen MR) is 95.4 cm³/mol. The number of nitro benzene ring substituents is 1. The van der Waals surface area contributed by atoms with Gasteiger partial charge in [0.25, 0.3) is 0 Å². The zero-order valence-corrected chi connectivity index (χ0v) is 14.5. The third kappa shape index (κ3) is 4.30. The Morgan fingerprint density at radius 3 is 2.40 bits per heavy atom. The summed E-state index contributed by atoms with van der Waals surface area (Å²) in [6, 6.07) is 8.00.